The van der Waals surface area contributed by atoms with Crippen molar-refractivity contribution in [2.24, 2.45) is 7.05 Å². The van der Waals surface area contributed by atoms with E-state index in [0.717, 1.165) is 5.69 Å². The Kier molecular flexibility index (Phi) is 2.26. The minimum absolute atomic E-state index is 0.528. The molecule has 58 valence electrons. The molecule has 2 N–H and O–H groups in total. The summed E-state index contributed by atoms with van der Waals surface area (Å²) >= 11 is 0. The normalized spacial score (nSPS) is 9.82. The van der Waals surface area contributed by atoms with Gasteiger partial charge in [0.15, 0.2) is 11.9 Å². The van der Waals surface area contributed by atoms with Crippen molar-refractivity contribution in [2.75, 3.05) is 0 Å². The largest absolute Gasteiger partial charge is 0.488 e. The van der Waals surface area contributed by atoms with Gasteiger partial charge in [-0.15, -0.1) is 0 Å². The molecule has 0 saturated heterocycles. The van der Waals surface area contributed by atoms with Gasteiger partial charge in [-0.3, -0.25) is 0 Å². The molecular formula is C7H11BNO2+. The van der Waals surface area contributed by atoms with E-state index in [-0.39, 0.29) is 0 Å². The molecular weight excluding hydrogens is 141 g/mol. The Morgan fingerprint density at radius 3 is 2.55 bits per heavy atom. The van der Waals surface area contributed by atoms with Crippen LogP contribution in [0.2, 0.25) is 0 Å². The smallest absolute Gasteiger partial charge is 0.423 e. The molecule has 1 rings (SSSR count). The van der Waals surface area contributed by atoms with Crippen molar-refractivity contribution in [1.29, 1.82) is 0 Å². The highest BCUT2D eigenvalue weighted by molar-refractivity contribution is 6.58. The second-order valence-corrected chi connectivity index (χ2v) is 2.59. The first kappa shape index (κ1) is 8.23. The van der Waals surface area contributed by atoms with Crippen molar-refractivity contribution in [3.05, 3.63) is 24.0 Å². The maximum Gasteiger partial charge on any atom is 0.488 e. The van der Waals surface area contributed by atoms with Gasteiger partial charge in [-0.05, 0) is 5.46 Å². The summed E-state index contributed by atoms with van der Waals surface area (Å²) in [7, 11) is 0.540. The lowest BCUT2D eigenvalue weighted by molar-refractivity contribution is -0.677. The van der Waals surface area contributed by atoms with Crippen molar-refractivity contribution >= 4 is 12.6 Å². The minimum Gasteiger partial charge on any atom is -0.423 e. The molecule has 0 fully saturated rings. The van der Waals surface area contributed by atoms with Crippen molar-refractivity contribution in [3.8, 4) is 0 Å². The van der Waals surface area contributed by atoms with E-state index in [1.165, 1.54) is 0 Å². The quantitative estimate of drug-likeness (QED) is 0.380. The predicted octanol–water partition coefficient (Wildman–Crippen LogP) is -1.50. The fraction of sp³-hybridized carbons (Fsp3) is 0.286. The zero-order valence-corrected chi connectivity index (χ0v) is 6.65. The summed E-state index contributed by atoms with van der Waals surface area (Å²) in [4.78, 5) is 0. The molecule has 4 heteroatoms. The van der Waals surface area contributed by atoms with Crippen LogP contribution in [0.25, 0.3) is 0 Å². The number of rotatable bonds is 1. The average Bonchev–Trinajstić information content (AvgIpc) is 1.94. The Hall–Kier alpha value is -0.865. The van der Waals surface area contributed by atoms with Crippen molar-refractivity contribution < 1.29 is 14.6 Å². The molecule has 0 amide bonds. The Balaban J connectivity index is 3.05. The van der Waals surface area contributed by atoms with E-state index in [4.69, 9.17) is 10.0 Å². The molecule has 0 aliphatic rings. The average molecular weight is 152 g/mol. The third-order valence-electron chi connectivity index (χ3n) is 1.72. The van der Waals surface area contributed by atoms with Crippen molar-refractivity contribution in [1.82, 2.24) is 0 Å². The summed E-state index contributed by atoms with van der Waals surface area (Å²) in [5, 5.41) is 17.6. The fourth-order valence-corrected chi connectivity index (χ4v) is 0.867. The first-order valence-electron chi connectivity index (χ1n) is 3.43. The Labute approximate surface area is 66.1 Å². The number of hydrogen-bond acceptors (Lipinski definition) is 2. The molecule has 11 heavy (non-hydrogen) atoms. The lowest BCUT2D eigenvalue weighted by Crippen LogP contribution is -2.38. The molecule has 0 atom stereocenters. The summed E-state index contributed by atoms with van der Waals surface area (Å²) in [6.45, 7) is 1.91. The lowest BCUT2D eigenvalue weighted by Gasteiger charge is -1.98. The highest BCUT2D eigenvalue weighted by atomic mass is 16.4. The molecule has 0 unspecified atom stereocenters. The number of hydrogen-bond donors (Lipinski definition) is 2. The number of pyridine rings is 1. The summed E-state index contributed by atoms with van der Waals surface area (Å²) in [5.74, 6) is 0. The number of nitrogens with zero attached hydrogens (tertiary/aromatic N) is 1. The Morgan fingerprint density at radius 1 is 1.45 bits per heavy atom. The van der Waals surface area contributed by atoms with Gasteiger partial charge in [0, 0.05) is 19.1 Å². The van der Waals surface area contributed by atoms with E-state index in [0.29, 0.717) is 5.46 Å². The second kappa shape index (κ2) is 3.03. The van der Waals surface area contributed by atoms with Crippen LogP contribution in [0.1, 0.15) is 5.69 Å². The summed E-state index contributed by atoms with van der Waals surface area (Å²) in [5.41, 5.74) is 1.52. The maximum atomic E-state index is 8.79. The van der Waals surface area contributed by atoms with Gasteiger partial charge in [0.25, 0.3) is 0 Å². The highest BCUT2D eigenvalue weighted by Gasteiger charge is 2.13. The van der Waals surface area contributed by atoms with E-state index in [9.17, 15) is 0 Å². The van der Waals surface area contributed by atoms with Crippen LogP contribution >= 0.6 is 0 Å². The van der Waals surface area contributed by atoms with Crippen molar-refractivity contribution in [3.63, 3.8) is 0 Å². The third kappa shape index (κ3) is 1.79. The monoisotopic (exact) mass is 152 g/mol. The van der Waals surface area contributed by atoms with Gasteiger partial charge < -0.3 is 10.0 Å². The second-order valence-electron chi connectivity index (χ2n) is 2.59. The third-order valence-corrected chi connectivity index (χ3v) is 1.72. The molecule has 1 aromatic heterocycles. The van der Waals surface area contributed by atoms with Crippen LogP contribution in [0.4, 0.5) is 0 Å². The molecule has 1 aromatic rings. The minimum atomic E-state index is -1.37. The van der Waals surface area contributed by atoms with Crippen LogP contribution in [-0.2, 0) is 7.05 Å². The number of aromatic nitrogens is 1. The van der Waals surface area contributed by atoms with E-state index >= 15 is 0 Å². The topological polar surface area (TPSA) is 44.3 Å². The van der Waals surface area contributed by atoms with Gasteiger partial charge in [0.2, 0.25) is 0 Å². The molecule has 0 radical (unpaired) electrons. The summed E-state index contributed by atoms with van der Waals surface area (Å²) in [6.07, 6.45) is 1.80. The van der Waals surface area contributed by atoms with E-state index in [1.807, 2.05) is 18.5 Å². The van der Waals surface area contributed by atoms with Crippen LogP contribution in [0.5, 0.6) is 0 Å². The zero-order chi connectivity index (χ0) is 8.43. The maximum absolute atomic E-state index is 8.79. The van der Waals surface area contributed by atoms with Gasteiger partial charge >= 0.3 is 7.12 Å². The van der Waals surface area contributed by atoms with Gasteiger partial charge in [-0.25, -0.2) is 4.57 Å². The molecule has 0 aromatic carbocycles. The standard InChI is InChI=1S/C7H11BNO2/c1-6-5-7(8(10)11)3-4-9(6)2/h3-5,10-11H,1-2H3/q+1. The highest BCUT2D eigenvalue weighted by Crippen LogP contribution is 1.84. The summed E-state index contributed by atoms with van der Waals surface area (Å²) in [6, 6.07) is 3.42. The van der Waals surface area contributed by atoms with Crippen LogP contribution in [0, 0.1) is 6.92 Å². The van der Waals surface area contributed by atoms with Crippen LogP contribution in [-0.4, -0.2) is 17.2 Å². The molecule has 0 saturated carbocycles. The van der Waals surface area contributed by atoms with Crippen molar-refractivity contribution in [2.45, 2.75) is 6.92 Å². The van der Waals surface area contributed by atoms with E-state index in [1.54, 1.807) is 18.3 Å². The van der Waals surface area contributed by atoms with Gasteiger partial charge in [-0.1, -0.05) is 0 Å². The molecule has 0 bridgehead atoms. The van der Waals surface area contributed by atoms with Gasteiger partial charge in [0.05, 0.1) is 0 Å². The number of aryl methyl sites for hydroxylation is 2. The Bertz CT molecular complexity index is 263. The Morgan fingerprint density at radius 2 is 2.09 bits per heavy atom. The lowest BCUT2D eigenvalue weighted by atomic mass is 9.81. The first-order valence-corrected chi connectivity index (χ1v) is 3.43. The molecule has 1 heterocycles. The molecule has 3 nitrogen and oxygen atoms in total. The van der Waals surface area contributed by atoms with Gasteiger partial charge in [0.1, 0.15) is 7.05 Å². The van der Waals surface area contributed by atoms with Gasteiger partial charge in [-0.2, -0.15) is 0 Å². The zero-order valence-electron chi connectivity index (χ0n) is 6.65. The first-order chi connectivity index (χ1) is 5.11. The van der Waals surface area contributed by atoms with E-state index < -0.39 is 7.12 Å². The van der Waals surface area contributed by atoms with Crippen LogP contribution in [0.3, 0.4) is 0 Å². The fourth-order valence-electron chi connectivity index (χ4n) is 0.867. The molecule has 0 spiro atoms. The predicted molar refractivity (Wildman–Crippen MR) is 42.2 cm³/mol. The molecule has 0 aliphatic heterocycles. The van der Waals surface area contributed by atoms with Crippen LogP contribution < -0.4 is 10.0 Å². The molecule has 0 aliphatic carbocycles. The summed E-state index contributed by atoms with van der Waals surface area (Å²) < 4.78 is 1.91. The van der Waals surface area contributed by atoms with E-state index in [2.05, 4.69) is 0 Å². The SMILES string of the molecule is Cc1cc(B(O)O)cc[n+]1C. The van der Waals surface area contributed by atoms with Crippen LogP contribution in [0.15, 0.2) is 18.3 Å².